The van der Waals surface area contributed by atoms with E-state index >= 15 is 0 Å². The summed E-state index contributed by atoms with van der Waals surface area (Å²) >= 11 is 0. The van der Waals surface area contributed by atoms with Crippen molar-refractivity contribution in [3.8, 4) is 5.69 Å². The van der Waals surface area contributed by atoms with E-state index in [-0.39, 0.29) is 5.69 Å². The van der Waals surface area contributed by atoms with Crippen LogP contribution < -0.4 is 5.32 Å². The van der Waals surface area contributed by atoms with E-state index < -0.39 is 4.92 Å². The fourth-order valence-corrected chi connectivity index (χ4v) is 2.19. The zero-order valence-electron chi connectivity index (χ0n) is 11.4. The maximum absolute atomic E-state index is 11.1. The Morgan fingerprint density at radius 2 is 2.10 bits per heavy atom. The minimum atomic E-state index is -0.413. The first-order valence-electron chi connectivity index (χ1n) is 6.53. The molecular weight excluding hydrogens is 270 g/mol. The van der Waals surface area contributed by atoms with Crippen LogP contribution in [0.5, 0.6) is 0 Å². The Balaban J connectivity index is 2.18. The molecule has 1 heterocycles. The minimum Gasteiger partial charge on any atom is -0.385 e. The van der Waals surface area contributed by atoms with Gasteiger partial charge in [-0.2, -0.15) is 0 Å². The molecular formula is C14H13N5O2. The SMILES string of the molecule is CCNc1cc(-n2nnc3ccccc32)cc([N+](=O)[O-])c1. The Hall–Kier alpha value is -2.96. The second-order valence-electron chi connectivity index (χ2n) is 4.52. The number of anilines is 1. The molecule has 1 N–H and O–H groups in total. The average Bonchev–Trinajstić information content (AvgIpc) is 2.91. The summed E-state index contributed by atoms with van der Waals surface area (Å²) in [6, 6.07) is 12.3. The number of para-hydroxylation sites is 1. The van der Waals surface area contributed by atoms with Gasteiger partial charge in [0.1, 0.15) is 5.52 Å². The van der Waals surface area contributed by atoms with Gasteiger partial charge in [0, 0.05) is 24.4 Å². The second-order valence-corrected chi connectivity index (χ2v) is 4.52. The molecule has 0 fully saturated rings. The van der Waals surface area contributed by atoms with Gasteiger partial charge in [-0.1, -0.05) is 17.3 Å². The molecule has 3 rings (SSSR count). The van der Waals surface area contributed by atoms with E-state index in [9.17, 15) is 10.1 Å². The molecule has 0 atom stereocenters. The molecule has 0 aliphatic carbocycles. The highest BCUT2D eigenvalue weighted by Gasteiger charge is 2.13. The quantitative estimate of drug-likeness (QED) is 0.587. The molecule has 0 spiro atoms. The van der Waals surface area contributed by atoms with Gasteiger partial charge in [0.2, 0.25) is 0 Å². The Morgan fingerprint density at radius 1 is 1.29 bits per heavy atom. The number of non-ortho nitro benzene ring substituents is 1. The molecule has 0 saturated heterocycles. The Kier molecular flexibility index (Phi) is 3.23. The lowest BCUT2D eigenvalue weighted by molar-refractivity contribution is -0.384. The number of nitrogens with zero attached hydrogens (tertiary/aromatic N) is 4. The van der Waals surface area contributed by atoms with Crippen molar-refractivity contribution in [2.24, 2.45) is 0 Å². The maximum atomic E-state index is 11.1. The van der Waals surface area contributed by atoms with Gasteiger partial charge in [-0.05, 0) is 25.1 Å². The molecule has 21 heavy (non-hydrogen) atoms. The van der Waals surface area contributed by atoms with Crippen LogP contribution in [0, 0.1) is 10.1 Å². The number of fused-ring (bicyclic) bond motifs is 1. The summed E-state index contributed by atoms with van der Waals surface area (Å²) in [5.74, 6) is 0. The number of hydrogen-bond donors (Lipinski definition) is 1. The van der Waals surface area contributed by atoms with Crippen molar-refractivity contribution in [2.45, 2.75) is 6.92 Å². The third-order valence-electron chi connectivity index (χ3n) is 3.09. The third-order valence-corrected chi connectivity index (χ3v) is 3.09. The molecule has 1 aromatic heterocycles. The lowest BCUT2D eigenvalue weighted by Gasteiger charge is -2.07. The summed E-state index contributed by atoms with van der Waals surface area (Å²) in [5.41, 5.74) is 2.85. The van der Waals surface area contributed by atoms with Crippen LogP contribution in [0.2, 0.25) is 0 Å². The zero-order chi connectivity index (χ0) is 14.8. The molecule has 7 heteroatoms. The van der Waals surface area contributed by atoms with Crippen molar-refractivity contribution in [3.63, 3.8) is 0 Å². The molecule has 7 nitrogen and oxygen atoms in total. The normalized spacial score (nSPS) is 10.7. The molecule has 0 bridgehead atoms. The molecule has 2 aromatic carbocycles. The van der Waals surface area contributed by atoms with Crippen LogP contribution in [0.1, 0.15) is 6.92 Å². The summed E-state index contributed by atoms with van der Waals surface area (Å²) in [5, 5.41) is 22.3. The van der Waals surface area contributed by atoms with E-state index in [0.29, 0.717) is 17.9 Å². The molecule has 0 saturated carbocycles. The Labute approximate surface area is 120 Å². The Bertz CT molecular complexity index is 812. The van der Waals surface area contributed by atoms with Gasteiger partial charge in [0.05, 0.1) is 16.1 Å². The van der Waals surface area contributed by atoms with Crippen molar-refractivity contribution in [2.75, 3.05) is 11.9 Å². The van der Waals surface area contributed by atoms with Gasteiger partial charge < -0.3 is 5.32 Å². The summed E-state index contributed by atoms with van der Waals surface area (Å²) < 4.78 is 1.60. The monoisotopic (exact) mass is 283 g/mol. The van der Waals surface area contributed by atoms with Crippen LogP contribution in [-0.4, -0.2) is 26.5 Å². The van der Waals surface area contributed by atoms with Crippen LogP contribution >= 0.6 is 0 Å². The van der Waals surface area contributed by atoms with E-state index in [1.54, 1.807) is 4.68 Å². The van der Waals surface area contributed by atoms with Crippen molar-refractivity contribution in [1.82, 2.24) is 15.0 Å². The van der Waals surface area contributed by atoms with Gasteiger partial charge in [-0.3, -0.25) is 10.1 Å². The smallest absolute Gasteiger partial charge is 0.273 e. The molecule has 0 unspecified atom stereocenters. The standard InChI is InChI=1S/C14H13N5O2/c1-2-15-10-7-11(9-12(8-10)19(20)21)18-14-6-4-3-5-13(14)16-17-18/h3-9,15H,2H2,1H3. The predicted molar refractivity (Wildman–Crippen MR) is 79.7 cm³/mol. The maximum Gasteiger partial charge on any atom is 0.273 e. The van der Waals surface area contributed by atoms with Crippen molar-refractivity contribution >= 4 is 22.4 Å². The average molecular weight is 283 g/mol. The van der Waals surface area contributed by atoms with Crippen molar-refractivity contribution < 1.29 is 4.92 Å². The summed E-state index contributed by atoms with van der Waals surface area (Å²) in [4.78, 5) is 10.7. The Morgan fingerprint density at radius 3 is 2.86 bits per heavy atom. The first-order chi connectivity index (χ1) is 10.2. The molecule has 0 radical (unpaired) electrons. The van der Waals surface area contributed by atoms with Crippen LogP contribution in [0.15, 0.2) is 42.5 Å². The van der Waals surface area contributed by atoms with E-state index in [1.807, 2.05) is 37.3 Å². The number of nitro benzene ring substituents is 1. The van der Waals surface area contributed by atoms with Gasteiger partial charge >= 0.3 is 0 Å². The summed E-state index contributed by atoms with van der Waals surface area (Å²) in [7, 11) is 0. The zero-order valence-corrected chi connectivity index (χ0v) is 11.4. The minimum absolute atomic E-state index is 0.0167. The summed E-state index contributed by atoms with van der Waals surface area (Å²) in [6.45, 7) is 2.61. The topological polar surface area (TPSA) is 85.9 Å². The lowest BCUT2D eigenvalue weighted by atomic mass is 10.2. The number of aromatic nitrogens is 3. The first kappa shape index (κ1) is 13.0. The van der Waals surface area contributed by atoms with Crippen LogP contribution in [0.25, 0.3) is 16.7 Å². The number of nitrogens with one attached hydrogen (secondary N) is 1. The van der Waals surface area contributed by atoms with Gasteiger partial charge in [-0.25, -0.2) is 4.68 Å². The number of rotatable bonds is 4. The van der Waals surface area contributed by atoms with Crippen LogP contribution in [0.4, 0.5) is 11.4 Å². The fourth-order valence-electron chi connectivity index (χ4n) is 2.19. The second kappa shape index (κ2) is 5.20. The molecule has 0 amide bonds. The van der Waals surface area contributed by atoms with E-state index in [1.165, 1.54) is 12.1 Å². The highest BCUT2D eigenvalue weighted by atomic mass is 16.6. The fraction of sp³-hybridized carbons (Fsp3) is 0.143. The first-order valence-corrected chi connectivity index (χ1v) is 6.53. The molecule has 0 aliphatic rings. The van der Waals surface area contributed by atoms with Gasteiger partial charge in [0.15, 0.2) is 0 Å². The highest BCUT2D eigenvalue weighted by Crippen LogP contribution is 2.25. The number of benzene rings is 2. The lowest BCUT2D eigenvalue weighted by Crippen LogP contribution is -2.02. The van der Waals surface area contributed by atoms with Gasteiger partial charge in [0.25, 0.3) is 5.69 Å². The third kappa shape index (κ3) is 2.40. The van der Waals surface area contributed by atoms with E-state index in [4.69, 9.17) is 0 Å². The van der Waals surface area contributed by atoms with E-state index in [0.717, 1.165) is 11.0 Å². The summed E-state index contributed by atoms with van der Waals surface area (Å²) in [6.07, 6.45) is 0. The van der Waals surface area contributed by atoms with Crippen molar-refractivity contribution in [1.29, 1.82) is 0 Å². The van der Waals surface area contributed by atoms with Crippen LogP contribution in [-0.2, 0) is 0 Å². The van der Waals surface area contributed by atoms with Crippen molar-refractivity contribution in [3.05, 3.63) is 52.6 Å². The molecule has 106 valence electrons. The molecule has 0 aliphatic heterocycles. The predicted octanol–water partition coefficient (Wildman–Crippen LogP) is 2.76. The van der Waals surface area contributed by atoms with Crippen LogP contribution in [0.3, 0.4) is 0 Å². The number of nitro groups is 1. The van der Waals surface area contributed by atoms with Gasteiger partial charge in [-0.15, -0.1) is 5.10 Å². The number of hydrogen-bond acceptors (Lipinski definition) is 5. The molecule has 3 aromatic rings. The largest absolute Gasteiger partial charge is 0.385 e. The van der Waals surface area contributed by atoms with E-state index in [2.05, 4.69) is 15.6 Å². The highest BCUT2D eigenvalue weighted by molar-refractivity contribution is 5.76.